The summed E-state index contributed by atoms with van der Waals surface area (Å²) < 4.78 is 11.9. The minimum Gasteiger partial charge on any atom is -0.390 e. The number of aliphatic hydroxyl groups is 1. The molecular weight excluding hydrogens is 508 g/mol. The second kappa shape index (κ2) is 16.4. The number of aliphatic hydroxyl groups excluding tert-OH is 1. The van der Waals surface area contributed by atoms with Crippen molar-refractivity contribution in [2.75, 3.05) is 39.0 Å². The van der Waals surface area contributed by atoms with E-state index in [2.05, 4.69) is 42.3 Å². The van der Waals surface area contributed by atoms with Crippen LogP contribution in [-0.4, -0.2) is 66.5 Å². The molecule has 2 aromatic rings. The van der Waals surface area contributed by atoms with Gasteiger partial charge in [0.05, 0.1) is 25.9 Å². The Hall–Kier alpha value is -2.78. The summed E-state index contributed by atoms with van der Waals surface area (Å²) in [6.45, 7) is 4.76. The van der Waals surface area contributed by atoms with Crippen LogP contribution in [0.2, 0.25) is 0 Å². The van der Waals surface area contributed by atoms with E-state index in [-0.39, 0.29) is 17.4 Å². The summed E-state index contributed by atoms with van der Waals surface area (Å²) in [6.07, 6.45) is 12.8. The molecule has 1 aliphatic rings. The average Bonchev–Trinajstić information content (AvgIpc) is 2.93. The molecule has 0 radical (unpaired) electrons. The number of nitrogens with zero attached hydrogens (tertiary/aromatic N) is 1. The van der Waals surface area contributed by atoms with Gasteiger partial charge in [0.15, 0.2) is 0 Å². The molecule has 0 unspecified atom stereocenters. The SMILES string of the molecule is C#CCN(C)CCNC(=O)CCOCc1ccc(Cc2cc([C@@H]3O[C@H](SCC)CC[C@H]3O)ccc2C#C)cc1. The molecule has 1 amide bonds. The van der Waals surface area contributed by atoms with E-state index >= 15 is 0 Å². The zero-order chi connectivity index (χ0) is 28.0. The molecule has 1 aliphatic heterocycles. The van der Waals surface area contributed by atoms with Crippen LogP contribution < -0.4 is 5.32 Å². The molecule has 6 nitrogen and oxygen atoms in total. The Morgan fingerprint density at radius 2 is 1.97 bits per heavy atom. The van der Waals surface area contributed by atoms with Crippen molar-refractivity contribution >= 4 is 17.7 Å². The van der Waals surface area contributed by atoms with Crippen LogP contribution in [0.1, 0.15) is 60.1 Å². The summed E-state index contributed by atoms with van der Waals surface area (Å²) in [5.74, 6) is 6.32. The monoisotopic (exact) mass is 548 g/mol. The smallest absolute Gasteiger partial charge is 0.222 e. The van der Waals surface area contributed by atoms with Crippen LogP contribution in [0.25, 0.3) is 0 Å². The fourth-order valence-electron chi connectivity index (χ4n) is 4.50. The third-order valence-electron chi connectivity index (χ3n) is 6.65. The first-order valence-corrected chi connectivity index (χ1v) is 14.6. The molecule has 208 valence electrons. The van der Waals surface area contributed by atoms with Gasteiger partial charge in [0.2, 0.25) is 5.91 Å². The van der Waals surface area contributed by atoms with Crippen LogP contribution in [0.5, 0.6) is 0 Å². The zero-order valence-electron chi connectivity index (χ0n) is 23.0. The summed E-state index contributed by atoms with van der Waals surface area (Å²) in [5.41, 5.74) is 5.12. The number of ether oxygens (including phenoxy) is 2. The Balaban J connectivity index is 1.50. The van der Waals surface area contributed by atoms with Crippen LogP contribution in [0.15, 0.2) is 42.5 Å². The van der Waals surface area contributed by atoms with Crippen LogP contribution in [0.4, 0.5) is 0 Å². The molecule has 1 saturated heterocycles. The molecule has 2 aromatic carbocycles. The largest absolute Gasteiger partial charge is 0.390 e. The van der Waals surface area contributed by atoms with Crippen LogP contribution >= 0.6 is 11.8 Å². The quantitative estimate of drug-likeness (QED) is 0.273. The number of carbonyl (C=O) groups is 1. The van der Waals surface area contributed by atoms with Crippen LogP contribution in [-0.2, 0) is 27.3 Å². The van der Waals surface area contributed by atoms with E-state index in [4.69, 9.17) is 22.3 Å². The number of hydrogen-bond donors (Lipinski definition) is 2. The summed E-state index contributed by atoms with van der Waals surface area (Å²) in [4.78, 5) is 13.9. The van der Waals surface area contributed by atoms with Crippen molar-refractivity contribution < 1.29 is 19.4 Å². The number of nitrogens with one attached hydrogen (secondary N) is 1. The highest BCUT2D eigenvalue weighted by Gasteiger charge is 2.31. The molecule has 3 rings (SSSR count). The van der Waals surface area contributed by atoms with Crippen molar-refractivity contribution in [2.45, 2.75) is 56.9 Å². The Kier molecular flexibility index (Phi) is 12.9. The molecule has 0 aromatic heterocycles. The maximum atomic E-state index is 12.0. The van der Waals surface area contributed by atoms with E-state index < -0.39 is 6.10 Å². The lowest BCUT2D eigenvalue weighted by Crippen LogP contribution is -2.33. The van der Waals surface area contributed by atoms with Crippen molar-refractivity contribution in [2.24, 2.45) is 0 Å². The van der Waals surface area contributed by atoms with E-state index in [1.165, 1.54) is 0 Å². The summed E-state index contributed by atoms with van der Waals surface area (Å²) in [7, 11) is 1.92. The van der Waals surface area contributed by atoms with E-state index in [1.54, 1.807) is 11.8 Å². The van der Waals surface area contributed by atoms with Gasteiger partial charge in [0, 0.05) is 25.1 Å². The number of hydrogen-bond acceptors (Lipinski definition) is 6. The highest BCUT2D eigenvalue weighted by Crippen LogP contribution is 2.36. The second-order valence-corrected chi connectivity index (χ2v) is 11.2. The van der Waals surface area contributed by atoms with Crippen molar-refractivity contribution in [1.29, 1.82) is 0 Å². The van der Waals surface area contributed by atoms with Gasteiger partial charge in [0.1, 0.15) is 11.5 Å². The standard InChI is InChI=1S/C32H40N2O4S/c1-5-18-34(4)19-17-33-30(36)16-20-37-23-25-10-8-24(9-11-25)21-28-22-27(13-12-26(28)6-2)32-29(35)14-15-31(38-32)39-7-3/h1-2,8-13,22,29,31-32,35H,7,14-21,23H2,3-4H3,(H,33,36)/t29-,31-,32+/m1/s1. The molecule has 1 heterocycles. The Bertz CT molecular complexity index is 1140. The number of benzene rings is 2. The molecule has 0 saturated carbocycles. The topological polar surface area (TPSA) is 71.0 Å². The van der Waals surface area contributed by atoms with Crippen molar-refractivity contribution in [1.82, 2.24) is 10.2 Å². The van der Waals surface area contributed by atoms with Gasteiger partial charge in [-0.2, -0.15) is 0 Å². The fraction of sp³-hybridized carbons (Fsp3) is 0.469. The molecule has 2 N–H and O–H groups in total. The Morgan fingerprint density at radius 1 is 1.21 bits per heavy atom. The molecule has 7 heteroatoms. The van der Waals surface area contributed by atoms with Crippen molar-refractivity contribution in [3.05, 3.63) is 70.3 Å². The third-order valence-corrected chi connectivity index (χ3v) is 7.70. The van der Waals surface area contributed by atoms with Gasteiger partial charge < -0.3 is 19.9 Å². The van der Waals surface area contributed by atoms with Gasteiger partial charge in [-0.3, -0.25) is 9.69 Å². The molecule has 1 fully saturated rings. The fourth-order valence-corrected chi connectivity index (χ4v) is 5.38. The highest BCUT2D eigenvalue weighted by molar-refractivity contribution is 7.99. The summed E-state index contributed by atoms with van der Waals surface area (Å²) in [5, 5.41) is 13.5. The van der Waals surface area contributed by atoms with Crippen molar-refractivity contribution in [3.8, 4) is 24.7 Å². The first-order valence-electron chi connectivity index (χ1n) is 13.5. The van der Waals surface area contributed by atoms with Crippen LogP contribution in [0, 0.1) is 24.7 Å². The predicted octanol–water partition coefficient (Wildman–Crippen LogP) is 4.14. The van der Waals surface area contributed by atoms with Gasteiger partial charge in [0.25, 0.3) is 0 Å². The third kappa shape index (κ3) is 10.0. The average molecular weight is 549 g/mol. The molecule has 0 bridgehead atoms. The summed E-state index contributed by atoms with van der Waals surface area (Å²) >= 11 is 1.78. The lowest BCUT2D eigenvalue weighted by Gasteiger charge is -2.34. The minimum atomic E-state index is -0.519. The van der Waals surface area contributed by atoms with Gasteiger partial charge in [-0.25, -0.2) is 0 Å². The molecule has 3 atom stereocenters. The maximum absolute atomic E-state index is 12.0. The van der Waals surface area contributed by atoms with E-state index in [1.807, 2.05) is 36.2 Å². The van der Waals surface area contributed by atoms with Gasteiger partial charge in [-0.15, -0.1) is 24.6 Å². The summed E-state index contributed by atoms with van der Waals surface area (Å²) in [6, 6.07) is 14.2. The molecule has 39 heavy (non-hydrogen) atoms. The first-order chi connectivity index (χ1) is 18.9. The predicted molar refractivity (Wildman–Crippen MR) is 158 cm³/mol. The number of likely N-dealkylation sites (N-methyl/N-ethyl adjacent to an activating group) is 1. The normalized spacial score (nSPS) is 18.9. The number of amides is 1. The number of terminal acetylenes is 2. The molecular formula is C32H40N2O4S. The minimum absolute atomic E-state index is 0.0308. The first kappa shape index (κ1) is 30.8. The number of carbonyl (C=O) groups excluding carboxylic acids is 1. The van der Waals surface area contributed by atoms with Gasteiger partial charge in [-0.05, 0) is 60.4 Å². The van der Waals surface area contributed by atoms with E-state index in [0.717, 1.165) is 46.4 Å². The van der Waals surface area contributed by atoms with E-state index in [9.17, 15) is 9.90 Å². The van der Waals surface area contributed by atoms with Crippen LogP contribution in [0.3, 0.4) is 0 Å². The van der Waals surface area contributed by atoms with Crippen molar-refractivity contribution in [3.63, 3.8) is 0 Å². The lowest BCUT2D eigenvalue weighted by atomic mass is 9.92. The number of thioether (sulfide) groups is 1. The van der Waals surface area contributed by atoms with E-state index in [0.29, 0.717) is 45.7 Å². The molecule has 0 aliphatic carbocycles. The molecule has 0 spiro atoms. The number of rotatable bonds is 14. The van der Waals surface area contributed by atoms with Gasteiger partial charge in [-0.1, -0.05) is 55.2 Å². The Labute approximate surface area is 237 Å². The van der Waals surface area contributed by atoms with Gasteiger partial charge >= 0.3 is 0 Å². The Morgan fingerprint density at radius 3 is 2.69 bits per heavy atom. The maximum Gasteiger partial charge on any atom is 0.222 e. The lowest BCUT2D eigenvalue weighted by molar-refractivity contribution is -0.122. The zero-order valence-corrected chi connectivity index (χ0v) is 23.8. The second-order valence-electron chi connectivity index (χ2n) is 9.73. The highest BCUT2D eigenvalue weighted by atomic mass is 32.2.